The Morgan fingerprint density at radius 1 is 1.82 bits per heavy atom. The molecule has 0 radical (unpaired) electrons. The van der Waals surface area contributed by atoms with Crippen LogP contribution >= 0.6 is 0 Å². The van der Waals surface area contributed by atoms with Gasteiger partial charge in [-0.2, -0.15) is 10.4 Å². The topological polar surface area (TPSA) is 114 Å². The van der Waals surface area contributed by atoms with E-state index in [0.717, 1.165) is 0 Å². The second kappa shape index (κ2) is 4.53. The number of carbonyl (C=O) groups is 1. The third kappa shape index (κ3) is 2.27. The van der Waals surface area contributed by atoms with Gasteiger partial charge in [0.1, 0.15) is 12.5 Å². The molecule has 1 aromatic rings. The van der Waals surface area contributed by atoms with E-state index < -0.39 is 17.6 Å². The molecule has 0 bridgehead atoms. The Kier molecular flexibility index (Phi) is 3.08. The number of hydrogen-bond donors (Lipinski definition) is 2. The van der Waals surface area contributed by atoms with Gasteiger partial charge in [0.05, 0.1) is 17.8 Å². The van der Waals surface area contributed by atoms with Crippen LogP contribution in [0.4, 0.5) is 0 Å². The SMILES string of the molecule is N#C[C@@H]1CCOC[C@]1(N)OC(=O)c1cn[nH]c1. The number of ether oxygens (including phenoxy) is 2. The summed E-state index contributed by atoms with van der Waals surface area (Å²) in [5.41, 5.74) is 4.77. The first-order valence-electron chi connectivity index (χ1n) is 5.14. The second-order valence-electron chi connectivity index (χ2n) is 3.85. The minimum absolute atomic E-state index is 0.0226. The third-order valence-corrected chi connectivity index (χ3v) is 2.64. The van der Waals surface area contributed by atoms with Crippen molar-refractivity contribution in [3.63, 3.8) is 0 Å². The molecule has 1 saturated heterocycles. The van der Waals surface area contributed by atoms with Gasteiger partial charge in [-0.05, 0) is 6.42 Å². The lowest BCUT2D eigenvalue weighted by molar-refractivity contribution is -0.115. The molecule has 0 amide bonds. The summed E-state index contributed by atoms with van der Waals surface area (Å²) in [6, 6.07) is 2.04. The van der Waals surface area contributed by atoms with Crippen LogP contribution in [0.1, 0.15) is 16.8 Å². The summed E-state index contributed by atoms with van der Waals surface area (Å²) < 4.78 is 10.3. The maximum absolute atomic E-state index is 11.7. The smallest absolute Gasteiger partial charge is 0.343 e. The number of aromatic amines is 1. The number of H-pyrrole nitrogens is 1. The van der Waals surface area contributed by atoms with E-state index in [1.807, 2.05) is 6.07 Å². The maximum Gasteiger partial charge on any atom is 0.343 e. The molecule has 90 valence electrons. The summed E-state index contributed by atoms with van der Waals surface area (Å²) in [5.74, 6) is -1.18. The van der Waals surface area contributed by atoms with Crippen molar-refractivity contribution in [2.24, 2.45) is 11.7 Å². The zero-order valence-corrected chi connectivity index (χ0v) is 9.05. The predicted octanol–water partition coefficient (Wildman–Crippen LogP) is -0.218. The molecule has 0 aromatic carbocycles. The molecule has 1 aliphatic rings. The van der Waals surface area contributed by atoms with Crippen LogP contribution in [0.2, 0.25) is 0 Å². The Hall–Kier alpha value is -1.91. The normalized spacial score (nSPS) is 28.4. The first-order valence-corrected chi connectivity index (χ1v) is 5.14. The molecule has 17 heavy (non-hydrogen) atoms. The summed E-state index contributed by atoms with van der Waals surface area (Å²) in [6.45, 7) is 0.468. The Labute approximate surface area is 97.5 Å². The van der Waals surface area contributed by atoms with Gasteiger partial charge in [0.25, 0.3) is 0 Å². The number of aromatic nitrogens is 2. The molecule has 0 spiro atoms. The van der Waals surface area contributed by atoms with Crippen molar-refractivity contribution in [3.05, 3.63) is 18.0 Å². The van der Waals surface area contributed by atoms with Crippen molar-refractivity contribution in [1.82, 2.24) is 10.2 Å². The summed E-state index contributed by atoms with van der Waals surface area (Å²) in [5, 5.41) is 15.1. The molecule has 3 N–H and O–H groups in total. The van der Waals surface area contributed by atoms with E-state index in [4.69, 9.17) is 20.5 Å². The molecule has 0 saturated carbocycles. The van der Waals surface area contributed by atoms with Crippen LogP contribution in [0.5, 0.6) is 0 Å². The van der Waals surface area contributed by atoms with Crippen molar-refractivity contribution in [2.45, 2.75) is 12.1 Å². The molecule has 2 atom stereocenters. The first kappa shape index (κ1) is 11.6. The van der Waals surface area contributed by atoms with Gasteiger partial charge in [-0.15, -0.1) is 0 Å². The number of nitriles is 1. The highest BCUT2D eigenvalue weighted by Gasteiger charge is 2.42. The van der Waals surface area contributed by atoms with Gasteiger partial charge in [0, 0.05) is 12.8 Å². The number of rotatable bonds is 2. The lowest BCUT2D eigenvalue weighted by Gasteiger charge is -2.36. The number of nitrogens with zero attached hydrogens (tertiary/aromatic N) is 2. The third-order valence-electron chi connectivity index (χ3n) is 2.64. The van der Waals surface area contributed by atoms with Crippen molar-refractivity contribution >= 4 is 5.97 Å². The summed E-state index contributed by atoms with van der Waals surface area (Å²) in [6.07, 6.45) is 3.18. The minimum atomic E-state index is -1.39. The standard InChI is InChI=1S/C10H12N4O3/c11-3-8-1-2-16-6-10(8,12)17-9(15)7-4-13-14-5-7/h4-5,8H,1-2,6,12H2,(H,13,14)/t8-,10-/m0/s1. The molecule has 1 fully saturated rings. The van der Waals surface area contributed by atoms with Crippen LogP contribution in [0.25, 0.3) is 0 Å². The highest BCUT2D eigenvalue weighted by atomic mass is 16.6. The fourth-order valence-corrected chi connectivity index (χ4v) is 1.65. The molecular formula is C10H12N4O3. The van der Waals surface area contributed by atoms with E-state index >= 15 is 0 Å². The van der Waals surface area contributed by atoms with Gasteiger partial charge in [0.15, 0.2) is 0 Å². The van der Waals surface area contributed by atoms with Crippen LogP contribution in [-0.4, -0.2) is 35.1 Å². The first-order chi connectivity index (χ1) is 8.15. The van der Waals surface area contributed by atoms with Crippen molar-refractivity contribution in [2.75, 3.05) is 13.2 Å². The number of carbonyl (C=O) groups excluding carboxylic acids is 1. The van der Waals surface area contributed by atoms with Crippen molar-refractivity contribution < 1.29 is 14.3 Å². The number of esters is 1. The van der Waals surface area contributed by atoms with E-state index in [0.29, 0.717) is 13.0 Å². The van der Waals surface area contributed by atoms with E-state index in [1.165, 1.54) is 12.4 Å². The van der Waals surface area contributed by atoms with Gasteiger partial charge >= 0.3 is 5.97 Å². The van der Waals surface area contributed by atoms with Crippen LogP contribution in [-0.2, 0) is 9.47 Å². The predicted molar refractivity (Wildman–Crippen MR) is 55.5 cm³/mol. The summed E-state index contributed by atoms with van der Waals surface area (Å²) in [4.78, 5) is 11.7. The fourth-order valence-electron chi connectivity index (χ4n) is 1.65. The average molecular weight is 236 g/mol. The van der Waals surface area contributed by atoms with E-state index in [2.05, 4.69) is 10.2 Å². The minimum Gasteiger partial charge on any atom is -0.436 e. The molecule has 7 nitrogen and oxygen atoms in total. The van der Waals surface area contributed by atoms with Gasteiger partial charge < -0.3 is 9.47 Å². The van der Waals surface area contributed by atoms with Crippen LogP contribution in [0.3, 0.4) is 0 Å². The van der Waals surface area contributed by atoms with Gasteiger partial charge in [-0.3, -0.25) is 10.8 Å². The van der Waals surface area contributed by atoms with Crippen LogP contribution in [0.15, 0.2) is 12.4 Å². The van der Waals surface area contributed by atoms with Crippen LogP contribution in [0, 0.1) is 17.2 Å². The fraction of sp³-hybridized carbons (Fsp3) is 0.500. The zero-order chi connectivity index (χ0) is 12.3. The van der Waals surface area contributed by atoms with Gasteiger partial charge in [0.2, 0.25) is 5.72 Å². The lowest BCUT2D eigenvalue weighted by Crippen LogP contribution is -2.57. The maximum atomic E-state index is 11.7. The Balaban J connectivity index is 2.11. The van der Waals surface area contributed by atoms with Crippen LogP contribution < -0.4 is 5.73 Å². The van der Waals surface area contributed by atoms with E-state index in [1.54, 1.807) is 0 Å². The highest BCUT2D eigenvalue weighted by Crippen LogP contribution is 2.25. The Morgan fingerprint density at radius 3 is 3.29 bits per heavy atom. The molecule has 7 heteroatoms. The molecular weight excluding hydrogens is 224 g/mol. The number of nitrogens with two attached hydrogens (primary N) is 1. The second-order valence-corrected chi connectivity index (χ2v) is 3.85. The highest BCUT2D eigenvalue weighted by molar-refractivity contribution is 5.89. The number of hydrogen-bond acceptors (Lipinski definition) is 6. The molecule has 2 rings (SSSR count). The average Bonchev–Trinajstić information content (AvgIpc) is 2.82. The monoisotopic (exact) mass is 236 g/mol. The largest absolute Gasteiger partial charge is 0.436 e. The van der Waals surface area contributed by atoms with Gasteiger partial charge in [-0.25, -0.2) is 4.79 Å². The Bertz CT molecular complexity index is 439. The van der Waals surface area contributed by atoms with Crippen molar-refractivity contribution in [1.29, 1.82) is 5.26 Å². The molecule has 1 aliphatic heterocycles. The van der Waals surface area contributed by atoms with E-state index in [-0.39, 0.29) is 12.2 Å². The van der Waals surface area contributed by atoms with E-state index in [9.17, 15) is 4.79 Å². The molecule has 1 aromatic heterocycles. The van der Waals surface area contributed by atoms with Crippen molar-refractivity contribution in [3.8, 4) is 6.07 Å². The summed E-state index contributed by atoms with van der Waals surface area (Å²) >= 11 is 0. The molecule has 0 unspecified atom stereocenters. The summed E-state index contributed by atoms with van der Waals surface area (Å²) in [7, 11) is 0. The van der Waals surface area contributed by atoms with Gasteiger partial charge in [-0.1, -0.05) is 0 Å². The molecule has 2 heterocycles. The lowest BCUT2D eigenvalue weighted by atomic mass is 9.93. The zero-order valence-electron chi connectivity index (χ0n) is 9.05. The quantitative estimate of drug-likeness (QED) is 0.542. The Morgan fingerprint density at radius 2 is 2.65 bits per heavy atom. The number of nitrogens with one attached hydrogen (secondary N) is 1. The molecule has 0 aliphatic carbocycles.